The fraction of sp³-hybridized carbons (Fsp3) is 0.200. The van der Waals surface area contributed by atoms with Gasteiger partial charge in [-0.05, 0) is 59.2 Å². The summed E-state index contributed by atoms with van der Waals surface area (Å²) in [7, 11) is 0. The highest BCUT2D eigenvalue weighted by Gasteiger charge is 2.40. The minimum atomic E-state index is -0.339. The molecule has 0 fully saturated rings. The zero-order chi connectivity index (χ0) is 21.5. The maximum Gasteiger partial charge on any atom is 0.282 e. The number of carbonyl (C=O) groups excluding carboxylic acids is 2. The van der Waals surface area contributed by atoms with Crippen molar-refractivity contribution in [3.8, 4) is 0 Å². The molecule has 0 bridgehead atoms. The Labute approximate surface area is 180 Å². The summed E-state index contributed by atoms with van der Waals surface area (Å²) in [4.78, 5) is 28.8. The van der Waals surface area contributed by atoms with Gasteiger partial charge in [0.15, 0.2) is 0 Å². The van der Waals surface area contributed by atoms with Crippen LogP contribution in [0.25, 0.3) is 5.57 Å². The van der Waals surface area contributed by atoms with Crippen molar-refractivity contribution < 1.29 is 9.59 Å². The second kappa shape index (κ2) is 7.58. The van der Waals surface area contributed by atoms with Crippen LogP contribution in [-0.4, -0.2) is 11.8 Å². The van der Waals surface area contributed by atoms with Gasteiger partial charge in [-0.2, -0.15) is 0 Å². The van der Waals surface area contributed by atoms with Crippen molar-refractivity contribution in [1.29, 1.82) is 0 Å². The quantitative estimate of drug-likeness (QED) is 0.551. The molecular formula is C25H24N2O2S. The van der Waals surface area contributed by atoms with Crippen molar-refractivity contribution in [2.45, 2.75) is 33.1 Å². The van der Waals surface area contributed by atoms with Crippen molar-refractivity contribution in [3.63, 3.8) is 0 Å². The van der Waals surface area contributed by atoms with E-state index in [1.165, 1.54) is 16.2 Å². The largest absolute Gasteiger partial charge is 0.350 e. The lowest BCUT2D eigenvalue weighted by Crippen LogP contribution is -2.32. The molecule has 0 saturated heterocycles. The average Bonchev–Trinajstić information content (AvgIpc) is 3.28. The van der Waals surface area contributed by atoms with E-state index in [0.29, 0.717) is 17.0 Å². The maximum absolute atomic E-state index is 13.4. The molecule has 3 aromatic rings. The average molecular weight is 417 g/mol. The highest BCUT2D eigenvalue weighted by Crippen LogP contribution is 2.36. The minimum Gasteiger partial charge on any atom is -0.350 e. The summed E-state index contributed by atoms with van der Waals surface area (Å²) in [6.45, 7) is 8.39. The van der Waals surface area contributed by atoms with Gasteiger partial charge in [-0.1, -0.05) is 51.1 Å². The van der Waals surface area contributed by atoms with Crippen LogP contribution in [0.3, 0.4) is 0 Å². The highest BCUT2D eigenvalue weighted by atomic mass is 32.1. The van der Waals surface area contributed by atoms with E-state index in [1.807, 2.05) is 73.0 Å². The SMILES string of the molecule is Cc1cccc(NC2=C(c3cccs3)C(=O)N(c3ccc(C(C)(C)C)cc3)C2=O)c1. The number of nitrogens with one attached hydrogen (secondary N) is 1. The highest BCUT2D eigenvalue weighted by molar-refractivity contribution is 7.11. The van der Waals surface area contributed by atoms with Gasteiger partial charge in [0, 0.05) is 10.6 Å². The molecule has 152 valence electrons. The summed E-state index contributed by atoms with van der Waals surface area (Å²) in [6.07, 6.45) is 0. The molecule has 0 spiro atoms. The number of aryl methyl sites for hydroxylation is 1. The van der Waals surface area contributed by atoms with Crippen molar-refractivity contribution in [3.05, 3.63) is 87.7 Å². The third kappa shape index (κ3) is 3.68. The number of thiophene rings is 1. The molecule has 2 aromatic carbocycles. The molecule has 0 unspecified atom stereocenters. The second-order valence-corrected chi connectivity index (χ2v) is 9.41. The Balaban J connectivity index is 1.75. The van der Waals surface area contributed by atoms with Gasteiger partial charge in [0.25, 0.3) is 11.8 Å². The summed E-state index contributed by atoms with van der Waals surface area (Å²) < 4.78 is 0. The number of rotatable bonds is 4. The fourth-order valence-electron chi connectivity index (χ4n) is 3.51. The smallest absolute Gasteiger partial charge is 0.282 e. The molecule has 30 heavy (non-hydrogen) atoms. The molecular weight excluding hydrogens is 392 g/mol. The Kier molecular flexibility index (Phi) is 5.08. The Morgan fingerprint density at radius 3 is 2.23 bits per heavy atom. The summed E-state index contributed by atoms with van der Waals surface area (Å²) in [5.41, 5.74) is 4.30. The fourth-order valence-corrected chi connectivity index (χ4v) is 4.28. The number of hydrogen-bond acceptors (Lipinski definition) is 4. The molecule has 4 nitrogen and oxygen atoms in total. The number of hydrogen-bond donors (Lipinski definition) is 1. The first-order chi connectivity index (χ1) is 14.3. The molecule has 1 N–H and O–H groups in total. The Morgan fingerprint density at radius 2 is 1.63 bits per heavy atom. The summed E-state index contributed by atoms with van der Waals surface area (Å²) in [5, 5.41) is 5.12. The molecule has 0 radical (unpaired) electrons. The molecule has 5 heteroatoms. The molecule has 0 aliphatic carbocycles. The lowest BCUT2D eigenvalue weighted by atomic mass is 9.87. The molecule has 0 atom stereocenters. The van der Waals surface area contributed by atoms with Crippen molar-refractivity contribution in [2.24, 2.45) is 0 Å². The normalized spacial score (nSPS) is 14.6. The number of nitrogens with zero attached hydrogens (tertiary/aromatic N) is 1. The van der Waals surface area contributed by atoms with E-state index >= 15 is 0 Å². The van der Waals surface area contributed by atoms with Gasteiger partial charge in [-0.25, -0.2) is 4.90 Å². The Morgan fingerprint density at radius 1 is 0.900 bits per heavy atom. The van der Waals surface area contributed by atoms with E-state index in [2.05, 4.69) is 26.1 Å². The zero-order valence-electron chi connectivity index (χ0n) is 17.5. The van der Waals surface area contributed by atoms with Gasteiger partial charge in [0.2, 0.25) is 0 Å². The molecule has 1 aromatic heterocycles. The molecule has 2 amide bonds. The van der Waals surface area contributed by atoms with Crippen molar-refractivity contribution in [2.75, 3.05) is 10.2 Å². The Bertz CT molecular complexity index is 1140. The van der Waals surface area contributed by atoms with Gasteiger partial charge >= 0.3 is 0 Å². The number of carbonyl (C=O) groups is 2. The van der Waals surface area contributed by atoms with Crippen LogP contribution >= 0.6 is 11.3 Å². The van der Waals surface area contributed by atoms with Gasteiger partial charge < -0.3 is 5.32 Å². The van der Waals surface area contributed by atoms with Crippen LogP contribution in [0.1, 0.15) is 36.8 Å². The van der Waals surface area contributed by atoms with Crippen LogP contribution in [0.5, 0.6) is 0 Å². The first-order valence-corrected chi connectivity index (χ1v) is 10.7. The standard InChI is InChI=1S/C25H24N2O2S/c1-16-7-5-8-18(15-16)26-22-21(20-9-6-14-30-20)23(28)27(24(22)29)19-12-10-17(11-13-19)25(2,3)4/h5-15,26H,1-4H3. The van der Waals surface area contributed by atoms with Gasteiger partial charge in [0.05, 0.1) is 11.3 Å². The first kappa shape index (κ1) is 20.1. The third-order valence-electron chi connectivity index (χ3n) is 5.13. The lowest BCUT2D eigenvalue weighted by molar-refractivity contribution is -0.120. The zero-order valence-corrected chi connectivity index (χ0v) is 18.3. The third-order valence-corrected chi connectivity index (χ3v) is 6.02. The molecule has 4 rings (SSSR count). The van der Waals surface area contributed by atoms with Gasteiger partial charge in [-0.3, -0.25) is 9.59 Å². The molecule has 1 aliphatic heterocycles. The number of amides is 2. The number of imide groups is 1. The van der Waals surface area contributed by atoms with Gasteiger partial charge in [-0.15, -0.1) is 11.3 Å². The van der Waals surface area contributed by atoms with Crippen LogP contribution < -0.4 is 10.2 Å². The number of anilines is 2. The van der Waals surface area contributed by atoms with E-state index < -0.39 is 0 Å². The predicted molar refractivity (Wildman–Crippen MR) is 124 cm³/mol. The van der Waals surface area contributed by atoms with E-state index in [1.54, 1.807) is 0 Å². The molecule has 0 saturated carbocycles. The van der Waals surface area contributed by atoms with Crippen molar-refractivity contribution >= 4 is 40.1 Å². The summed E-state index contributed by atoms with van der Waals surface area (Å²) in [6, 6.07) is 19.2. The predicted octanol–water partition coefficient (Wildman–Crippen LogP) is 5.75. The monoisotopic (exact) mass is 416 g/mol. The van der Waals surface area contributed by atoms with E-state index in [4.69, 9.17) is 0 Å². The van der Waals surface area contributed by atoms with Crippen LogP contribution in [0, 0.1) is 6.92 Å². The first-order valence-electron chi connectivity index (χ1n) is 9.87. The van der Waals surface area contributed by atoms with Crippen molar-refractivity contribution in [1.82, 2.24) is 0 Å². The van der Waals surface area contributed by atoms with Crippen LogP contribution in [0.4, 0.5) is 11.4 Å². The number of benzene rings is 2. The topological polar surface area (TPSA) is 49.4 Å². The van der Waals surface area contributed by atoms with E-state index in [0.717, 1.165) is 21.7 Å². The molecule has 2 heterocycles. The van der Waals surface area contributed by atoms with Crippen LogP contribution in [0.2, 0.25) is 0 Å². The van der Waals surface area contributed by atoms with Crippen LogP contribution in [-0.2, 0) is 15.0 Å². The van der Waals surface area contributed by atoms with Crippen LogP contribution in [0.15, 0.2) is 71.7 Å². The van der Waals surface area contributed by atoms with Gasteiger partial charge in [0.1, 0.15) is 5.70 Å². The Hall–Kier alpha value is -3.18. The van der Waals surface area contributed by atoms with E-state index in [-0.39, 0.29) is 17.2 Å². The summed E-state index contributed by atoms with van der Waals surface area (Å²) >= 11 is 1.45. The maximum atomic E-state index is 13.4. The minimum absolute atomic E-state index is 0.00415. The molecule has 1 aliphatic rings. The lowest BCUT2D eigenvalue weighted by Gasteiger charge is -2.21. The summed E-state index contributed by atoms with van der Waals surface area (Å²) in [5.74, 6) is -0.644. The second-order valence-electron chi connectivity index (χ2n) is 8.46. The van der Waals surface area contributed by atoms with E-state index in [9.17, 15) is 9.59 Å².